The van der Waals surface area contributed by atoms with Gasteiger partial charge in [-0.05, 0) is 38.5 Å². The summed E-state index contributed by atoms with van der Waals surface area (Å²) in [6, 6.07) is 1.29. The Hall–Kier alpha value is -0.120. The van der Waals surface area contributed by atoms with Crippen LogP contribution in [0, 0.1) is 11.8 Å². The molecule has 2 aliphatic rings. The van der Waals surface area contributed by atoms with Crippen LogP contribution >= 0.6 is 0 Å². The third-order valence-electron chi connectivity index (χ3n) is 5.58. The molecule has 2 fully saturated rings. The van der Waals surface area contributed by atoms with Crippen molar-refractivity contribution in [2.75, 3.05) is 19.6 Å². The van der Waals surface area contributed by atoms with Crippen molar-refractivity contribution in [3.8, 4) is 0 Å². The fraction of sp³-hybridized carbons (Fsp3) is 1.00. The predicted octanol–water partition coefficient (Wildman–Crippen LogP) is 3.29. The minimum Gasteiger partial charge on any atom is -0.371 e. The third kappa shape index (κ3) is 4.43. The van der Waals surface area contributed by atoms with Gasteiger partial charge in [-0.3, -0.25) is 4.90 Å². The molecule has 2 aliphatic heterocycles. The van der Waals surface area contributed by atoms with E-state index >= 15 is 0 Å². The molecule has 21 heavy (non-hydrogen) atoms. The monoisotopic (exact) mass is 296 g/mol. The molecule has 0 amide bonds. The van der Waals surface area contributed by atoms with E-state index < -0.39 is 0 Å². The summed E-state index contributed by atoms with van der Waals surface area (Å²) < 4.78 is 6.24. The van der Waals surface area contributed by atoms with Crippen LogP contribution < -0.4 is 5.32 Å². The second-order valence-electron chi connectivity index (χ2n) is 8.20. The molecule has 4 unspecified atom stereocenters. The van der Waals surface area contributed by atoms with E-state index in [0.717, 1.165) is 19.0 Å². The number of nitrogens with zero attached hydrogens (tertiary/aromatic N) is 1. The molecule has 0 bridgehead atoms. The van der Waals surface area contributed by atoms with E-state index in [0.29, 0.717) is 24.1 Å². The third-order valence-corrected chi connectivity index (χ3v) is 5.58. The van der Waals surface area contributed by atoms with Crippen LogP contribution in [-0.4, -0.2) is 48.3 Å². The zero-order valence-corrected chi connectivity index (χ0v) is 15.0. The molecule has 0 aromatic rings. The van der Waals surface area contributed by atoms with Gasteiger partial charge in [0.05, 0.1) is 11.7 Å². The number of nitrogens with one attached hydrogen (secondary N) is 1. The van der Waals surface area contributed by atoms with Gasteiger partial charge >= 0.3 is 0 Å². The summed E-state index contributed by atoms with van der Waals surface area (Å²) in [7, 11) is 0. The highest BCUT2D eigenvalue weighted by Crippen LogP contribution is 2.31. The van der Waals surface area contributed by atoms with Crippen LogP contribution in [0.5, 0.6) is 0 Å². The molecule has 0 aliphatic carbocycles. The molecule has 1 N–H and O–H groups in total. The maximum absolute atomic E-state index is 6.24. The highest BCUT2D eigenvalue weighted by molar-refractivity contribution is 4.92. The molecule has 0 radical (unpaired) electrons. The number of piperazine rings is 1. The van der Waals surface area contributed by atoms with Gasteiger partial charge in [0, 0.05) is 31.7 Å². The van der Waals surface area contributed by atoms with Gasteiger partial charge in [0.1, 0.15) is 0 Å². The van der Waals surface area contributed by atoms with E-state index in [1.807, 2.05) is 0 Å². The van der Waals surface area contributed by atoms with E-state index in [-0.39, 0.29) is 5.60 Å². The summed E-state index contributed by atoms with van der Waals surface area (Å²) in [5, 5.41) is 3.79. The zero-order valence-electron chi connectivity index (χ0n) is 15.0. The number of ether oxygens (including phenoxy) is 1. The Morgan fingerprint density at radius 2 is 2.00 bits per heavy atom. The van der Waals surface area contributed by atoms with Gasteiger partial charge in [-0.1, -0.05) is 34.1 Å². The van der Waals surface area contributed by atoms with Crippen LogP contribution in [0.4, 0.5) is 0 Å². The molecule has 2 saturated heterocycles. The molecule has 0 aromatic heterocycles. The lowest BCUT2D eigenvalue weighted by Gasteiger charge is -2.45. The van der Waals surface area contributed by atoms with Crippen molar-refractivity contribution in [3.05, 3.63) is 0 Å². The van der Waals surface area contributed by atoms with Gasteiger partial charge in [0.15, 0.2) is 0 Å². The van der Waals surface area contributed by atoms with E-state index in [1.54, 1.807) is 0 Å². The van der Waals surface area contributed by atoms with E-state index in [2.05, 4.69) is 51.8 Å². The van der Waals surface area contributed by atoms with Crippen molar-refractivity contribution >= 4 is 0 Å². The Kier molecular flexibility index (Phi) is 5.72. The normalized spacial score (nSPS) is 35.3. The smallest absolute Gasteiger partial charge is 0.0710 e. The Morgan fingerprint density at radius 1 is 1.29 bits per heavy atom. The average molecular weight is 296 g/mol. The first-order valence-electron chi connectivity index (χ1n) is 8.97. The van der Waals surface area contributed by atoms with Gasteiger partial charge in [0.25, 0.3) is 0 Å². The molecule has 3 heteroatoms. The van der Waals surface area contributed by atoms with Crippen LogP contribution in [0.15, 0.2) is 0 Å². The molecule has 2 heterocycles. The van der Waals surface area contributed by atoms with Crippen LogP contribution in [0.3, 0.4) is 0 Å². The average Bonchev–Trinajstić information content (AvgIpc) is 2.76. The van der Waals surface area contributed by atoms with Crippen molar-refractivity contribution in [3.63, 3.8) is 0 Å². The quantitative estimate of drug-likeness (QED) is 0.842. The van der Waals surface area contributed by atoms with E-state index in [1.165, 1.54) is 25.8 Å². The van der Waals surface area contributed by atoms with Gasteiger partial charge < -0.3 is 10.1 Å². The van der Waals surface area contributed by atoms with E-state index in [9.17, 15) is 0 Å². The molecule has 2 rings (SSSR count). The standard InChI is InChI=1S/C18H36N2O/c1-7-14(4)16-12-20(17(10-19-16)13(2)3)11-15-8-9-18(5,6)21-15/h13-17,19H,7-12H2,1-6H3. The Bertz CT molecular complexity index is 329. The summed E-state index contributed by atoms with van der Waals surface area (Å²) in [4.78, 5) is 2.71. The molecular formula is C18H36N2O. The van der Waals surface area contributed by atoms with Gasteiger partial charge in [-0.2, -0.15) is 0 Å². The number of hydrogen-bond acceptors (Lipinski definition) is 3. The highest BCUT2D eigenvalue weighted by Gasteiger charge is 2.37. The van der Waals surface area contributed by atoms with Crippen molar-refractivity contribution < 1.29 is 4.74 Å². The molecule has 3 nitrogen and oxygen atoms in total. The Labute approximate surface area is 131 Å². The first kappa shape index (κ1) is 17.2. The molecule has 124 valence electrons. The molecule has 0 spiro atoms. The summed E-state index contributed by atoms with van der Waals surface area (Å²) in [6.07, 6.45) is 4.10. The summed E-state index contributed by atoms with van der Waals surface area (Å²) in [5.74, 6) is 1.45. The Balaban J connectivity index is 1.97. The lowest BCUT2D eigenvalue weighted by Crippen LogP contribution is -2.61. The van der Waals surface area contributed by atoms with Crippen molar-refractivity contribution in [1.82, 2.24) is 10.2 Å². The largest absolute Gasteiger partial charge is 0.371 e. The zero-order chi connectivity index (χ0) is 15.6. The van der Waals surface area contributed by atoms with Gasteiger partial charge in [0.2, 0.25) is 0 Å². The predicted molar refractivity (Wildman–Crippen MR) is 89.6 cm³/mol. The van der Waals surface area contributed by atoms with E-state index in [4.69, 9.17) is 4.74 Å². The Morgan fingerprint density at radius 3 is 2.52 bits per heavy atom. The van der Waals surface area contributed by atoms with Crippen LogP contribution in [0.1, 0.15) is 60.8 Å². The first-order valence-corrected chi connectivity index (χ1v) is 8.97. The maximum atomic E-state index is 6.24. The maximum Gasteiger partial charge on any atom is 0.0710 e. The van der Waals surface area contributed by atoms with Crippen molar-refractivity contribution in [2.24, 2.45) is 11.8 Å². The minimum atomic E-state index is 0.0855. The van der Waals surface area contributed by atoms with Gasteiger partial charge in [-0.15, -0.1) is 0 Å². The number of rotatable bonds is 5. The molecule has 0 aromatic carbocycles. The summed E-state index contributed by atoms with van der Waals surface area (Å²) in [6.45, 7) is 17.3. The van der Waals surface area contributed by atoms with Gasteiger partial charge in [-0.25, -0.2) is 0 Å². The van der Waals surface area contributed by atoms with Crippen LogP contribution in [0.2, 0.25) is 0 Å². The SMILES string of the molecule is CCC(C)C1CN(CC2CCC(C)(C)O2)C(C(C)C)CN1. The second-order valence-corrected chi connectivity index (χ2v) is 8.20. The summed E-state index contributed by atoms with van der Waals surface area (Å²) >= 11 is 0. The molecule has 4 atom stereocenters. The molecular weight excluding hydrogens is 260 g/mol. The van der Waals surface area contributed by atoms with Crippen molar-refractivity contribution in [2.45, 2.75) is 84.6 Å². The summed E-state index contributed by atoms with van der Waals surface area (Å²) in [5.41, 5.74) is 0.0855. The fourth-order valence-electron chi connectivity index (χ4n) is 3.85. The van der Waals surface area contributed by atoms with Crippen molar-refractivity contribution in [1.29, 1.82) is 0 Å². The lowest BCUT2D eigenvalue weighted by atomic mass is 9.91. The first-order chi connectivity index (χ1) is 9.82. The van der Waals surface area contributed by atoms with Crippen LogP contribution in [0.25, 0.3) is 0 Å². The second kappa shape index (κ2) is 6.97. The lowest BCUT2D eigenvalue weighted by molar-refractivity contribution is -0.0437. The number of hydrogen-bond donors (Lipinski definition) is 1. The highest BCUT2D eigenvalue weighted by atomic mass is 16.5. The minimum absolute atomic E-state index is 0.0855. The van der Waals surface area contributed by atoms with Crippen LogP contribution in [-0.2, 0) is 4.74 Å². The fourth-order valence-corrected chi connectivity index (χ4v) is 3.85. The molecule has 0 saturated carbocycles. The topological polar surface area (TPSA) is 24.5 Å².